The Morgan fingerprint density at radius 3 is 2.88 bits per heavy atom. The van der Waals surface area contributed by atoms with Gasteiger partial charge in [-0.2, -0.15) is 0 Å². The van der Waals surface area contributed by atoms with Crippen LogP contribution in [0, 0.1) is 6.92 Å². The van der Waals surface area contributed by atoms with Crippen LogP contribution in [0.3, 0.4) is 0 Å². The number of benzene rings is 1. The van der Waals surface area contributed by atoms with Crippen LogP contribution in [0.15, 0.2) is 30.3 Å². The number of para-hydroxylation sites is 1. The van der Waals surface area contributed by atoms with Crippen molar-refractivity contribution < 1.29 is 9.53 Å². The van der Waals surface area contributed by atoms with Crippen LogP contribution in [0.5, 0.6) is 0 Å². The van der Waals surface area contributed by atoms with Crippen LogP contribution in [0.2, 0.25) is 0 Å². The minimum absolute atomic E-state index is 0.135. The summed E-state index contributed by atoms with van der Waals surface area (Å²) in [7, 11) is 0. The molecule has 0 fully saturated rings. The first-order valence-electron chi connectivity index (χ1n) is 5.93. The van der Waals surface area contributed by atoms with E-state index in [1.165, 1.54) is 16.6 Å². The van der Waals surface area contributed by atoms with E-state index in [4.69, 9.17) is 4.74 Å². The fraction of sp³-hybridized carbons (Fsp3) is 0.357. The molecule has 1 aromatic carbocycles. The van der Waals surface area contributed by atoms with Crippen molar-refractivity contribution in [2.24, 2.45) is 0 Å². The normalized spacial score (nSPS) is 10.7. The molecule has 90 valence electrons. The molecule has 0 spiro atoms. The zero-order valence-corrected chi connectivity index (χ0v) is 10.3. The monoisotopic (exact) mass is 231 g/mol. The predicted octanol–water partition coefficient (Wildman–Crippen LogP) is 2.90. The number of esters is 1. The first-order chi connectivity index (χ1) is 8.22. The van der Waals surface area contributed by atoms with Gasteiger partial charge in [-0.05, 0) is 31.4 Å². The third-order valence-electron chi connectivity index (χ3n) is 2.86. The molecule has 0 atom stereocenters. The number of rotatable bonds is 4. The molecule has 1 heterocycles. The lowest BCUT2D eigenvalue weighted by Crippen LogP contribution is -2.09. The van der Waals surface area contributed by atoms with Gasteiger partial charge >= 0.3 is 5.97 Å². The van der Waals surface area contributed by atoms with Crippen molar-refractivity contribution in [2.75, 3.05) is 6.61 Å². The second-order valence-corrected chi connectivity index (χ2v) is 4.05. The molecule has 0 aliphatic heterocycles. The molecule has 3 heteroatoms. The fourth-order valence-corrected chi connectivity index (χ4v) is 2.08. The highest BCUT2D eigenvalue weighted by atomic mass is 16.5. The van der Waals surface area contributed by atoms with Gasteiger partial charge in [0.1, 0.15) is 0 Å². The van der Waals surface area contributed by atoms with Gasteiger partial charge in [0.05, 0.1) is 13.0 Å². The van der Waals surface area contributed by atoms with Crippen molar-refractivity contribution >= 4 is 16.9 Å². The molecule has 0 aliphatic carbocycles. The molecular weight excluding hydrogens is 214 g/mol. The molecule has 17 heavy (non-hydrogen) atoms. The van der Waals surface area contributed by atoms with Gasteiger partial charge in [0.25, 0.3) is 0 Å². The Hall–Kier alpha value is -1.77. The topological polar surface area (TPSA) is 31.2 Å². The first-order valence-corrected chi connectivity index (χ1v) is 5.93. The third kappa shape index (κ3) is 2.49. The van der Waals surface area contributed by atoms with Gasteiger partial charge in [-0.3, -0.25) is 4.79 Å². The first kappa shape index (κ1) is 11.7. The van der Waals surface area contributed by atoms with Crippen molar-refractivity contribution in [3.63, 3.8) is 0 Å². The summed E-state index contributed by atoms with van der Waals surface area (Å²) < 4.78 is 7.10. The van der Waals surface area contributed by atoms with Gasteiger partial charge in [-0.1, -0.05) is 18.2 Å². The summed E-state index contributed by atoms with van der Waals surface area (Å²) in [4.78, 5) is 11.4. The van der Waals surface area contributed by atoms with Gasteiger partial charge in [0, 0.05) is 17.8 Å². The number of carbonyl (C=O) groups excluding carboxylic acids is 1. The molecule has 0 saturated heterocycles. The quantitative estimate of drug-likeness (QED) is 0.758. The van der Waals surface area contributed by atoms with Crippen LogP contribution in [-0.2, 0) is 16.1 Å². The molecule has 0 radical (unpaired) electrons. The van der Waals surface area contributed by atoms with Crippen molar-refractivity contribution in [3.05, 3.63) is 36.0 Å². The average Bonchev–Trinajstić information content (AvgIpc) is 2.62. The lowest BCUT2D eigenvalue weighted by Gasteiger charge is -2.07. The lowest BCUT2D eigenvalue weighted by molar-refractivity contribution is -0.143. The van der Waals surface area contributed by atoms with E-state index in [0.29, 0.717) is 19.6 Å². The van der Waals surface area contributed by atoms with Crippen LogP contribution in [0.1, 0.15) is 19.0 Å². The third-order valence-corrected chi connectivity index (χ3v) is 2.86. The van der Waals surface area contributed by atoms with Gasteiger partial charge in [0.15, 0.2) is 0 Å². The molecule has 1 aromatic heterocycles. The van der Waals surface area contributed by atoms with Crippen LogP contribution >= 0.6 is 0 Å². The van der Waals surface area contributed by atoms with E-state index < -0.39 is 0 Å². The second kappa shape index (κ2) is 5.04. The fourth-order valence-electron chi connectivity index (χ4n) is 2.08. The molecule has 0 unspecified atom stereocenters. The highest BCUT2D eigenvalue weighted by Gasteiger charge is 2.07. The minimum Gasteiger partial charge on any atom is -0.466 e. The van der Waals surface area contributed by atoms with Gasteiger partial charge < -0.3 is 9.30 Å². The number of carbonyl (C=O) groups is 1. The molecule has 3 nitrogen and oxygen atoms in total. The molecule has 0 amide bonds. The summed E-state index contributed by atoms with van der Waals surface area (Å²) in [6.45, 7) is 5.02. The predicted molar refractivity (Wildman–Crippen MR) is 67.9 cm³/mol. The number of nitrogens with zero attached hydrogens (tertiary/aromatic N) is 1. The highest BCUT2D eigenvalue weighted by molar-refractivity contribution is 5.81. The van der Waals surface area contributed by atoms with Gasteiger partial charge in [0.2, 0.25) is 0 Å². The highest BCUT2D eigenvalue weighted by Crippen LogP contribution is 2.19. The summed E-state index contributed by atoms with van der Waals surface area (Å²) in [5.74, 6) is -0.135. The van der Waals surface area contributed by atoms with Crippen molar-refractivity contribution in [2.45, 2.75) is 26.8 Å². The van der Waals surface area contributed by atoms with Crippen molar-refractivity contribution in [1.29, 1.82) is 0 Å². The zero-order valence-electron chi connectivity index (χ0n) is 10.3. The number of hydrogen-bond donors (Lipinski definition) is 0. The Morgan fingerprint density at radius 2 is 2.12 bits per heavy atom. The lowest BCUT2D eigenvalue weighted by atomic mass is 10.2. The summed E-state index contributed by atoms with van der Waals surface area (Å²) in [6, 6.07) is 10.3. The maximum absolute atomic E-state index is 11.4. The van der Waals surface area contributed by atoms with E-state index >= 15 is 0 Å². The number of aryl methyl sites for hydroxylation is 2. The maximum atomic E-state index is 11.4. The Kier molecular flexibility index (Phi) is 3.47. The van der Waals surface area contributed by atoms with Crippen LogP contribution in [0.4, 0.5) is 0 Å². The van der Waals surface area contributed by atoms with Crippen LogP contribution in [-0.4, -0.2) is 17.1 Å². The zero-order chi connectivity index (χ0) is 12.3. The van der Waals surface area contributed by atoms with E-state index in [9.17, 15) is 4.79 Å². The standard InChI is InChI=1S/C14H17NO2/c1-3-17-14(16)8-9-15-11(2)10-12-6-4-5-7-13(12)15/h4-7,10H,3,8-9H2,1-2H3. The Bertz CT molecular complexity index is 528. The summed E-state index contributed by atoms with van der Waals surface area (Å²) in [5, 5.41) is 1.22. The summed E-state index contributed by atoms with van der Waals surface area (Å²) in [5.41, 5.74) is 2.35. The molecular formula is C14H17NO2. The number of aromatic nitrogens is 1. The van der Waals surface area contributed by atoms with E-state index in [0.717, 1.165) is 0 Å². The SMILES string of the molecule is CCOC(=O)CCn1c(C)cc2ccccc21. The van der Waals surface area contributed by atoms with Crippen molar-refractivity contribution in [1.82, 2.24) is 4.57 Å². The number of hydrogen-bond acceptors (Lipinski definition) is 2. The van der Waals surface area contributed by atoms with Gasteiger partial charge in [-0.15, -0.1) is 0 Å². The minimum atomic E-state index is -0.135. The molecule has 0 aliphatic rings. The van der Waals surface area contributed by atoms with Crippen LogP contribution < -0.4 is 0 Å². The molecule has 0 bridgehead atoms. The Morgan fingerprint density at radius 1 is 1.35 bits per heavy atom. The number of ether oxygens (including phenoxy) is 1. The van der Waals surface area contributed by atoms with Crippen LogP contribution in [0.25, 0.3) is 10.9 Å². The van der Waals surface area contributed by atoms with E-state index in [2.05, 4.69) is 29.7 Å². The second-order valence-electron chi connectivity index (χ2n) is 4.05. The molecule has 0 N–H and O–H groups in total. The Balaban J connectivity index is 2.18. The maximum Gasteiger partial charge on any atom is 0.307 e. The van der Waals surface area contributed by atoms with E-state index in [-0.39, 0.29) is 5.97 Å². The molecule has 2 aromatic rings. The van der Waals surface area contributed by atoms with E-state index in [1.807, 2.05) is 19.1 Å². The molecule has 0 saturated carbocycles. The number of fused-ring (bicyclic) bond motifs is 1. The molecule has 2 rings (SSSR count). The van der Waals surface area contributed by atoms with Crippen molar-refractivity contribution in [3.8, 4) is 0 Å². The van der Waals surface area contributed by atoms with Gasteiger partial charge in [-0.25, -0.2) is 0 Å². The van der Waals surface area contributed by atoms with E-state index in [1.54, 1.807) is 0 Å². The largest absolute Gasteiger partial charge is 0.466 e. The average molecular weight is 231 g/mol. The summed E-state index contributed by atoms with van der Waals surface area (Å²) >= 11 is 0. The smallest absolute Gasteiger partial charge is 0.307 e. The Labute approximate surface area is 101 Å². The summed E-state index contributed by atoms with van der Waals surface area (Å²) in [6.07, 6.45) is 0.424.